The van der Waals surface area contributed by atoms with E-state index in [1.54, 1.807) is 17.0 Å². The van der Waals surface area contributed by atoms with Crippen LogP contribution in [0.25, 0.3) is 0 Å². The molecule has 39 heavy (non-hydrogen) atoms. The van der Waals surface area contributed by atoms with E-state index < -0.39 is 16.1 Å². The van der Waals surface area contributed by atoms with Crippen LogP contribution >= 0.6 is 0 Å². The van der Waals surface area contributed by atoms with E-state index >= 15 is 0 Å². The summed E-state index contributed by atoms with van der Waals surface area (Å²) >= 11 is 0. The normalized spacial score (nSPS) is 12.0. The van der Waals surface area contributed by atoms with Crippen molar-refractivity contribution in [3.63, 3.8) is 0 Å². The fourth-order valence-corrected chi connectivity index (χ4v) is 5.53. The Labute approximate surface area is 232 Å². The summed E-state index contributed by atoms with van der Waals surface area (Å²) in [7, 11) is -3.54. The molecule has 0 aliphatic heterocycles. The Balaban J connectivity index is 1.85. The average molecular weight is 550 g/mol. The number of benzene rings is 3. The van der Waals surface area contributed by atoms with Crippen molar-refractivity contribution >= 4 is 27.5 Å². The second kappa shape index (κ2) is 13.9. The Morgan fingerprint density at radius 3 is 2.15 bits per heavy atom. The molecule has 0 spiro atoms. The van der Waals surface area contributed by atoms with Gasteiger partial charge in [-0.05, 0) is 50.5 Å². The van der Waals surface area contributed by atoms with Crippen molar-refractivity contribution in [2.24, 2.45) is 0 Å². The molecule has 1 atom stereocenters. The molecule has 3 aromatic rings. The number of nitrogens with one attached hydrogen (secondary N) is 1. The van der Waals surface area contributed by atoms with Crippen molar-refractivity contribution in [2.75, 3.05) is 23.7 Å². The number of nitrogens with zero attached hydrogens (tertiary/aromatic N) is 2. The van der Waals surface area contributed by atoms with Gasteiger partial charge in [0.2, 0.25) is 21.8 Å². The summed E-state index contributed by atoms with van der Waals surface area (Å²) < 4.78 is 26.4. The summed E-state index contributed by atoms with van der Waals surface area (Å²) in [5, 5.41) is 2.90. The van der Waals surface area contributed by atoms with Gasteiger partial charge in [0.1, 0.15) is 6.04 Å². The maximum Gasteiger partial charge on any atom is 0.243 e. The lowest BCUT2D eigenvalue weighted by Gasteiger charge is -2.32. The Morgan fingerprint density at radius 2 is 1.54 bits per heavy atom. The van der Waals surface area contributed by atoms with Gasteiger partial charge in [-0.2, -0.15) is 0 Å². The third-order valence-corrected chi connectivity index (χ3v) is 7.73. The molecule has 0 unspecified atom stereocenters. The molecule has 0 bridgehead atoms. The Morgan fingerprint density at radius 1 is 0.872 bits per heavy atom. The number of likely N-dealkylation sites (N-methyl/N-ethyl adjacent to an activating group) is 1. The van der Waals surface area contributed by atoms with E-state index in [4.69, 9.17) is 0 Å². The molecule has 8 heteroatoms. The quantitative estimate of drug-likeness (QED) is 0.337. The fourth-order valence-electron chi connectivity index (χ4n) is 4.57. The Kier molecular flexibility index (Phi) is 10.7. The highest BCUT2D eigenvalue weighted by molar-refractivity contribution is 7.92. The molecular formula is C31H39N3O4S. The van der Waals surface area contributed by atoms with Gasteiger partial charge in [0.15, 0.2) is 0 Å². The van der Waals surface area contributed by atoms with Crippen LogP contribution in [0.2, 0.25) is 0 Å². The zero-order chi connectivity index (χ0) is 28.4. The zero-order valence-corrected chi connectivity index (χ0v) is 24.1. The molecule has 2 amide bonds. The van der Waals surface area contributed by atoms with Crippen LogP contribution in [0.1, 0.15) is 42.0 Å². The van der Waals surface area contributed by atoms with Gasteiger partial charge in [0.05, 0.1) is 11.9 Å². The fraction of sp³-hybridized carbons (Fsp3) is 0.355. The van der Waals surface area contributed by atoms with Gasteiger partial charge < -0.3 is 10.2 Å². The van der Waals surface area contributed by atoms with Crippen LogP contribution in [0.4, 0.5) is 5.69 Å². The Hall–Kier alpha value is -3.65. The number of aryl methyl sites for hydroxylation is 2. The summed E-state index contributed by atoms with van der Waals surface area (Å²) in [5.74, 6) is -0.402. The van der Waals surface area contributed by atoms with E-state index in [2.05, 4.69) is 5.32 Å². The molecular weight excluding hydrogens is 510 g/mol. The third kappa shape index (κ3) is 8.96. The first-order chi connectivity index (χ1) is 18.6. The van der Waals surface area contributed by atoms with Gasteiger partial charge in [0.25, 0.3) is 0 Å². The average Bonchev–Trinajstić information content (AvgIpc) is 2.89. The van der Waals surface area contributed by atoms with Crippen LogP contribution in [0.15, 0.2) is 78.9 Å². The highest BCUT2D eigenvalue weighted by Crippen LogP contribution is 2.21. The van der Waals surface area contributed by atoms with E-state index in [0.717, 1.165) is 22.3 Å². The summed E-state index contributed by atoms with van der Waals surface area (Å²) in [5.41, 5.74) is 4.56. The number of rotatable bonds is 13. The van der Waals surface area contributed by atoms with Crippen LogP contribution in [0.3, 0.4) is 0 Å². The molecule has 0 saturated carbocycles. The number of carbonyl (C=O) groups is 2. The molecule has 208 valence electrons. The minimum absolute atomic E-state index is 0.106. The van der Waals surface area contributed by atoms with Crippen molar-refractivity contribution in [1.82, 2.24) is 10.2 Å². The number of hydrogen-bond donors (Lipinski definition) is 1. The van der Waals surface area contributed by atoms with Crippen molar-refractivity contribution in [3.05, 3.63) is 101 Å². The van der Waals surface area contributed by atoms with E-state index in [1.807, 2.05) is 87.5 Å². The van der Waals surface area contributed by atoms with Gasteiger partial charge in [-0.15, -0.1) is 0 Å². The van der Waals surface area contributed by atoms with Crippen LogP contribution in [0.5, 0.6) is 0 Å². The van der Waals surface area contributed by atoms with Crippen LogP contribution < -0.4 is 9.62 Å². The zero-order valence-electron chi connectivity index (χ0n) is 23.3. The summed E-state index contributed by atoms with van der Waals surface area (Å²) in [6.07, 6.45) is 1.97. The van der Waals surface area contributed by atoms with E-state index in [0.29, 0.717) is 25.1 Å². The largest absolute Gasteiger partial charge is 0.355 e. The van der Waals surface area contributed by atoms with Crippen LogP contribution in [-0.4, -0.2) is 50.5 Å². The first-order valence-electron chi connectivity index (χ1n) is 13.3. The predicted molar refractivity (Wildman–Crippen MR) is 157 cm³/mol. The topological polar surface area (TPSA) is 86.8 Å². The molecule has 0 aliphatic rings. The van der Waals surface area contributed by atoms with Crippen LogP contribution in [0, 0.1) is 13.8 Å². The molecule has 7 nitrogen and oxygen atoms in total. The first kappa shape index (κ1) is 29.9. The third-order valence-electron chi connectivity index (χ3n) is 6.53. The molecule has 0 fully saturated rings. The van der Waals surface area contributed by atoms with E-state index in [9.17, 15) is 18.0 Å². The number of sulfonamides is 1. The highest BCUT2D eigenvalue weighted by atomic mass is 32.2. The van der Waals surface area contributed by atoms with Gasteiger partial charge in [0, 0.05) is 32.5 Å². The molecule has 3 aromatic carbocycles. The standard InChI is InChI=1S/C31H39N3O4S/c1-5-32-31(36)29(22-26-12-7-6-8-13-26)33(23-27-14-9-11-25(3)21-27)30(35)15-10-20-34(39(4,37)38)28-18-16-24(2)17-19-28/h6-9,11-14,16-19,21,29H,5,10,15,20,22-23H2,1-4H3,(H,32,36)/t29-/m1/s1. The molecule has 3 rings (SSSR count). The van der Waals surface area contributed by atoms with Gasteiger partial charge in [-0.1, -0.05) is 77.9 Å². The van der Waals surface area contributed by atoms with E-state index in [1.165, 1.54) is 10.6 Å². The lowest BCUT2D eigenvalue weighted by molar-refractivity contribution is -0.141. The summed E-state index contributed by atoms with van der Waals surface area (Å²) in [4.78, 5) is 28.7. The second-order valence-electron chi connectivity index (χ2n) is 9.89. The van der Waals surface area contributed by atoms with E-state index in [-0.39, 0.29) is 31.3 Å². The molecule has 0 radical (unpaired) electrons. The number of carbonyl (C=O) groups excluding carboxylic acids is 2. The molecule has 1 N–H and O–H groups in total. The number of anilines is 1. The first-order valence-corrected chi connectivity index (χ1v) is 15.1. The monoisotopic (exact) mass is 549 g/mol. The molecule has 0 saturated heterocycles. The number of amides is 2. The van der Waals surface area contributed by atoms with Gasteiger partial charge in [-0.25, -0.2) is 8.42 Å². The number of hydrogen-bond acceptors (Lipinski definition) is 4. The van der Waals surface area contributed by atoms with Crippen molar-refractivity contribution in [1.29, 1.82) is 0 Å². The van der Waals surface area contributed by atoms with Crippen molar-refractivity contribution < 1.29 is 18.0 Å². The molecule has 0 heterocycles. The minimum atomic E-state index is -3.54. The molecule has 0 aliphatic carbocycles. The lowest BCUT2D eigenvalue weighted by Crippen LogP contribution is -2.50. The van der Waals surface area contributed by atoms with Crippen molar-refractivity contribution in [2.45, 2.75) is 52.6 Å². The highest BCUT2D eigenvalue weighted by Gasteiger charge is 2.30. The molecule has 0 aromatic heterocycles. The second-order valence-corrected chi connectivity index (χ2v) is 11.8. The van der Waals surface area contributed by atoms with Gasteiger partial charge in [-0.3, -0.25) is 13.9 Å². The maximum atomic E-state index is 13.8. The van der Waals surface area contributed by atoms with Crippen LogP contribution in [-0.2, 0) is 32.6 Å². The Bertz CT molecular complexity index is 1340. The smallest absolute Gasteiger partial charge is 0.243 e. The SMILES string of the molecule is CCNC(=O)[C@@H](Cc1ccccc1)N(Cc1cccc(C)c1)C(=O)CCCN(c1ccc(C)cc1)S(C)(=O)=O. The van der Waals surface area contributed by atoms with Crippen molar-refractivity contribution in [3.8, 4) is 0 Å². The summed E-state index contributed by atoms with van der Waals surface area (Å²) in [6.45, 7) is 6.69. The maximum absolute atomic E-state index is 13.8. The summed E-state index contributed by atoms with van der Waals surface area (Å²) in [6, 6.07) is 24.1. The minimum Gasteiger partial charge on any atom is -0.355 e. The van der Waals surface area contributed by atoms with Gasteiger partial charge >= 0.3 is 0 Å². The lowest BCUT2D eigenvalue weighted by atomic mass is 10.0. The predicted octanol–water partition coefficient (Wildman–Crippen LogP) is 4.63.